The molecule has 1 nitrogen and oxygen atoms in total. The normalized spacial score (nSPS) is 11.5. The van der Waals surface area contributed by atoms with Gasteiger partial charge in [0, 0.05) is 0 Å². The average molecular weight is 204 g/mol. The summed E-state index contributed by atoms with van der Waals surface area (Å²) in [5.41, 5.74) is -0.139. The molecular formula is C10H11F3O. The van der Waals surface area contributed by atoms with Crippen molar-refractivity contribution in [2.45, 2.75) is 20.0 Å². The molecule has 0 aromatic heterocycles. The molecule has 0 radical (unpaired) electrons. The molecule has 0 aliphatic carbocycles. The maximum atomic E-state index is 12.2. The van der Waals surface area contributed by atoms with Gasteiger partial charge < -0.3 is 4.74 Å². The molecular weight excluding hydrogens is 193 g/mol. The molecule has 0 bridgehead atoms. The highest BCUT2D eigenvalue weighted by atomic mass is 19.4. The molecule has 0 amide bonds. The lowest BCUT2D eigenvalue weighted by atomic mass is 10.1. The monoisotopic (exact) mass is 204 g/mol. The van der Waals surface area contributed by atoms with Gasteiger partial charge in [-0.05, 0) is 37.6 Å². The van der Waals surface area contributed by atoms with Crippen LogP contribution in [0.4, 0.5) is 13.2 Å². The van der Waals surface area contributed by atoms with Crippen molar-refractivity contribution in [1.29, 1.82) is 0 Å². The minimum Gasteiger partial charge on any atom is -0.494 e. The van der Waals surface area contributed by atoms with Gasteiger partial charge in [0.25, 0.3) is 0 Å². The molecule has 1 aromatic rings. The van der Waals surface area contributed by atoms with Gasteiger partial charge in [-0.2, -0.15) is 13.2 Å². The third kappa shape index (κ3) is 2.40. The fraction of sp³-hybridized carbons (Fsp3) is 0.400. The summed E-state index contributed by atoms with van der Waals surface area (Å²) >= 11 is 0. The van der Waals surface area contributed by atoms with Crippen LogP contribution >= 0.6 is 0 Å². The minimum absolute atomic E-state index is 0.451. The van der Waals surface area contributed by atoms with E-state index in [1.54, 1.807) is 13.8 Å². The van der Waals surface area contributed by atoms with E-state index < -0.39 is 11.7 Å². The van der Waals surface area contributed by atoms with Crippen molar-refractivity contribution in [3.8, 4) is 5.75 Å². The Morgan fingerprint density at radius 2 is 1.93 bits per heavy atom. The number of benzene rings is 1. The molecule has 1 aromatic carbocycles. The van der Waals surface area contributed by atoms with Crippen molar-refractivity contribution in [2.24, 2.45) is 0 Å². The molecule has 0 saturated carbocycles. The second kappa shape index (κ2) is 3.90. The topological polar surface area (TPSA) is 9.23 Å². The van der Waals surface area contributed by atoms with E-state index in [2.05, 4.69) is 0 Å². The molecule has 14 heavy (non-hydrogen) atoms. The maximum absolute atomic E-state index is 12.2. The zero-order valence-corrected chi connectivity index (χ0v) is 7.98. The molecule has 0 heterocycles. The molecule has 0 aliphatic heterocycles. The van der Waals surface area contributed by atoms with Crippen molar-refractivity contribution in [2.75, 3.05) is 6.61 Å². The zero-order valence-electron chi connectivity index (χ0n) is 7.98. The predicted octanol–water partition coefficient (Wildman–Crippen LogP) is 3.41. The largest absolute Gasteiger partial charge is 0.494 e. The summed E-state index contributed by atoms with van der Waals surface area (Å²) in [7, 11) is 0. The van der Waals surface area contributed by atoms with Crippen LogP contribution in [0.1, 0.15) is 18.1 Å². The van der Waals surface area contributed by atoms with Gasteiger partial charge in [0.05, 0.1) is 12.2 Å². The van der Waals surface area contributed by atoms with Crippen molar-refractivity contribution >= 4 is 0 Å². The van der Waals surface area contributed by atoms with E-state index in [9.17, 15) is 13.2 Å². The molecule has 0 N–H and O–H groups in total. The first-order valence-corrected chi connectivity index (χ1v) is 4.25. The smallest absolute Gasteiger partial charge is 0.416 e. The Labute approximate surface area is 80.5 Å². The first kappa shape index (κ1) is 10.9. The molecule has 0 atom stereocenters. The third-order valence-electron chi connectivity index (χ3n) is 1.80. The van der Waals surface area contributed by atoms with E-state index >= 15 is 0 Å². The van der Waals surface area contributed by atoms with Crippen LogP contribution in [0.25, 0.3) is 0 Å². The highest BCUT2D eigenvalue weighted by Crippen LogP contribution is 2.32. The maximum Gasteiger partial charge on any atom is 0.416 e. The number of hydrogen-bond donors (Lipinski definition) is 0. The van der Waals surface area contributed by atoms with E-state index in [4.69, 9.17) is 4.74 Å². The van der Waals surface area contributed by atoms with Gasteiger partial charge in [0.1, 0.15) is 5.75 Å². The SMILES string of the molecule is CCOc1ccc(C(F)(F)F)cc1C. The molecule has 0 saturated heterocycles. The standard InChI is InChI=1S/C10H11F3O/c1-3-14-9-5-4-8(6-7(9)2)10(11,12)13/h4-6H,3H2,1-2H3. The van der Waals surface area contributed by atoms with Gasteiger partial charge in [-0.1, -0.05) is 0 Å². The number of aryl methyl sites for hydroxylation is 1. The van der Waals surface area contributed by atoms with Gasteiger partial charge in [0.15, 0.2) is 0 Å². The Bertz CT molecular complexity index is 318. The molecule has 0 unspecified atom stereocenters. The fourth-order valence-electron chi connectivity index (χ4n) is 1.14. The van der Waals surface area contributed by atoms with Gasteiger partial charge in [0.2, 0.25) is 0 Å². The summed E-state index contributed by atoms with van der Waals surface area (Å²) < 4.78 is 41.9. The van der Waals surface area contributed by atoms with Crippen molar-refractivity contribution in [3.05, 3.63) is 29.3 Å². The second-order valence-corrected chi connectivity index (χ2v) is 2.91. The molecule has 78 valence electrons. The van der Waals surface area contributed by atoms with Crippen LogP contribution < -0.4 is 4.74 Å². The van der Waals surface area contributed by atoms with E-state index in [1.807, 2.05) is 0 Å². The Hall–Kier alpha value is -1.19. The van der Waals surface area contributed by atoms with E-state index in [1.165, 1.54) is 6.07 Å². The van der Waals surface area contributed by atoms with Crippen molar-refractivity contribution < 1.29 is 17.9 Å². The summed E-state index contributed by atoms with van der Waals surface area (Å²) in [6.07, 6.45) is -4.28. The Kier molecular flexibility index (Phi) is 3.03. The van der Waals surface area contributed by atoms with Gasteiger partial charge in [-0.25, -0.2) is 0 Å². The lowest BCUT2D eigenvalue weighted by Gasteiger charge is -2.10. The summed E-state index contributed by atoms with van der Waals surface area (Å²) in [5, 5.41) is 0. The van der Waals surface area contributed by atoms with Crippen molar-refractivity contribution in [1.82, 2.24) is 0 Å². The first-order valence-electron chi connectivity index (χ1n) is 4.25. The number of alkyl halides is 3. The molecule has 0 fully saturated rings. The fourth-order valence-corrected chi connectivity index (χ4v) is 1.14. The number of hydrogen-bond acceptors (Lipinski definition) is 1. The van der Waals surface area contributed by atoms with E-state index in [0.717, 1.165) is 12.1 Å². The van der Waals surface area contributed by atoms with E-state index in [0.29, 0.717) is 17.9 Å². The van der Waals surface area contributed by atoms with E-state index in [-0.39, 0.29) is 0 Å². The van der Waals surface area contributed by atoms with Crippen LogP contribution in [0.15, 0.2) is 18.2 Å². The van der Waals surface area contributed by atoms with Crippen LogP contribution in [0, 0.1) is 6.92 Å². The summed E-state index contributed by atoms with van der Waals surface area (Å²) in [5.74, 6) is 0.500. The highest BCUT2D eigenvalue weighted by molar-refractivity contribution is 5.37. The summed E-state index contributed by atoms with van der Waals surface area (Å²) in [6.45, 7) is 3.84. The lowest BCUT2D eigenvalue weighted by Crippen LogP contribution is -2.05. The molecule has 1 rings (SSSR count). The van der Waals surface area contributed by atoms with Crippen LogP contribution in [0.5, 0.6) is 5.75 Å². The van der Waals surface area contributed by atoms with Gasteiger partial charge >= 0.3 is 6.18 Å². The Morgan fingerprint density at radius 3 is 2.36 bits per heavy atom. The van der Waals surface area contributed by atoms with Crippen LogP contribution in [0.2, 0.25) is 0 Å². The average Bonchev–Trinajstić information content (AvgIpc) is 2.07. The molecule has 4 heteroatoms. The number of ether oxygens (including phenoxy) is 1. The lowest BCUT2D eigenvalue weighted by molar-refractivity contribution is -0.137. The minimum atomic E-state index is -4.28. The number of halogens is 3. The second-order valence-electron chi connectivity index (χ2n) is 2.91. The highest BCUT2D eigenvalue weighted by Gasteiger charge is 2.30. The molecule has 0 spiro atoms. The first-order chi connectivity index (χ1) is 6.45. The Morgan fingerprint density at radius 1 is 1.29 bits per heavy atom. The third-order valence-corrected chi connectivity index (χ3v) is 1.80. The predicted molar refractivity (Wildman–Crippen MR) is 47.4 cm³/mol. The quantitative estimate of drug-likeness (QED) is 0.717. The summed E-state index contributed by atoms with van der Waals surface area (Å²) in [4.78, 5) is 0. The van der Waals surface area contributed by atoms with Crippen LogP contribution in [-0.4, -0.2) is 6.61 Å². The van der Waals surface area contributed by atoms with Crippen molar-refractivity contribution in [3.63, 3.8) is 0 Å². The number of rotatable bonds is 2. The molecule has 0 aliphatic rings. The Balaban J connectivity index is 3.01. The van der Waals surface area contributed by atoms with Crippen LogP contribution in [0.3, 0.4) is 0 Å². The summed E-state index contributed by atoms with van der Waals surface area (Å²) in [6, 6.07) is 3.46. The van der Waals surface area contributed by atoms with Gasteiger partial charge in [-0.3, -0.25) is 0 Å². The van der Waals surface area contributed by atoms with Crippen LogP contribution in [-0.2, 0) is 6.18 Å². The van der Waals surface area contributed by atoms with Gasteiger partial charge in [-0.15, -0.1) is 0 Å². The zero-order chi connectivity index (χ0) is 10.8.